The van der Waals surface area contributed by atoms with Gasteiger partial charge in [-0.1, -0.05) is 35.9 Å². The molecule has 2 heterocycles. The van der Waals surface area contributed by atoms with E-state index in [4.69, 9.17) is 4.98 Å². The summed E-state index contributed by atoms with van der Waals surface area (Å²) in [6.45, 7) is 6.50. The van der Waals surface area contributed by atoms with E-state index in [1.165, 1.54) is 16.7 Å². The second kappa shape index (κ2) is 8.05. The van der Waals surface area contributed by atoms with Crippen LogP contribution in [-0.2, 0) is 11.2 Å². The van der Waals surface area contributed by atoms with Crippen molar-refractivity contribution in [2.24, 2.45) is 5.92 Å². The number of carbonyl (C=O) groups is 1. The molecular weight excluding hydrogens is 348 g/mol. The summed E-state index contributed by atoms with van der Waals surface area (Å²) < 4.78 is 0. The van der Waals surface area contributed by atoms with Crippen LogP contribution in [0.1, 0.15) is 29.5 Å². The zero-order chi connectivity index (χ0) is 19.5. The number of nitrogens with zero attached hydrogens (tertiary/aromatic N) is 2. The van der Waals surface area contributed by atoms with Crippen molar-refractivity contribution >= 4 is 22.9 Å². The van der Waals surface area contributed by atoms with E-state index in [0.29, 0.717) is 6.54 Å². The number of piperidine rings is 1. The Kier molecular flexibility index (Phi) is 5.33. The van der Waals surface area contributed by atoms with E-state index in [9.17, 15) is 4.79 Å². The molecule has 5 heteroatoms. The Bertz CT molecular complexity index is 960. The fraction of sp³-hybridized carbons (Fsp3) is 0.391. The van der Waals surface area contributed by atoms with Gasteiger partial charge in [0.25, 0.3) is 0 Å². The molecule has 0 unspecified atom stereocenters. The molecule has 1 amide bonds. The maximum absolute atomic E-state index is 12.7. The van der Waals surface area contributed by atoms with Crippen molar-refractivity contribution in [3.05, 3.63) is 59.2 Å². The minimum absolute atomic E-state index is 0.0155. The van der Waals surface area contributed by atoms with Crippen molar-refractivity contribution in [2.45, 2.75) is 33.1 Å². The Morgan fingerprint density at radius 1 is 1.18 bits per heavy atom. The van der Waals surface area contributed by atoms with E-state index in [2.05, 4.69) is 65.4 Å². The number of nitrogens with one attached hydrogen (secondary N) is 2. The number of aromatic amines is 1. The van der Waals surface area contributed by atoms with Crippen molar-refractivity contribution in [1.82, 2.24) is 15.3 Å². The number of anilines is 1. The maximum Gasteiger partial charge on any atom is 0.224 e. The molecule has 1 fully saturated rings. The minimum Gasteiger partial charge on any atom is -0.355 e. The summed E-state index contributed by atoms with van der Waals surface area (Å²) in [5.41, 5.74) is 5.77. The van der Waals surface area contributed by atoms with Gasteiger partial charge in [-0.25, -0.2) is 4.98 Å². The van der Waals surface area contributed by atoms with Crippen molar-refractivity contribution in [1.29, 1.82) is 0 Å². The van der Waals surface area contributed by atoms with E-state index in [-0.39, 0.29) is 11.8 Å². The van der Waals surface area contributed by atoms with Crippen LogP contribution >= 0.6 is 0 Å². The monoisotopic (exact) mass is 376 g/mol. The van der Waals surface area contributed by atoms with E-state index >= 15 is 0 Å². The highest BCUT2D eigenvalue weighted by Gasteiger charge is 2.27. The molecular formula is C23H28N4O. The SMILES string of the molecule is Cc1ccc(CCNC(=O)[C@@H]2CCCN(c3nc4ccc(C)cc4[nH]3)C2)cc1. The van der Waals surface area contributed by atoms with Gasteiger partial charge in [-0.05, 0) is 56.4 Å². The lowest BCUT2D eigenvalue weighted by molar-refractivity contribution is -0.125. The van der Waals surface area contributed by atoms with Crippen molar-refractivity contribution < 1.29 is 4.79 Å². The highest BCUT2D eigenvalue weighted by atomic mass is 16.1. The Morgan fingerprint density at radius 3 is 2.79 bits per heavy atom. The van der Waals surface area contributed by atoms with Gasteiger partial charge in [0.15, 0.2) is 0 Å². The highest BCUT2D eigenvalue weighted by molar-refractivity contribution is 5.80. The predicted molar refractivity (Wildman–Crippen MR) is 114 cm³/mol. The molecule has 0 spiro atoms. The van der Waals surface area contributed by atoms with Gasteiger partial charge in [-0.2, -0.15) is 0 Å². The second-order valence-electron chi connectivity index (χ2n) is 7.89. The van der Waals surface area contributed by atoms with Gasteiger partial charge in [0, 0.05) is 19.6 Å². The molecule has 1 aliphatic rings. The third kappa shape index (κ3) is 4.19. The van der Waals surface area contributed by atoms with Gasteiger partial charge < -0.3 is 15.2 Å². The number of amides is 1. The van der Waals surface area contributed by atoms with E-state index < -0.39 is 0 Å². The Balaban J connectivity index is 1.34. The molecule has 0 bridgehead atoms. The van der Waals surface area contributed by atoms with Crippen molar-refractivity contribution in [3.8, 4) is 0 Å². The van der Waals surface area contributed by atoms with Crippen LogP contribution in [0.25, 0.3) is 11.0 Å². The van der Waals surface area contributed by atoms with Crippen LogP contribution in [0.5, 0.6) is 0 Å². The topological polar surface area (TPSA) is 61.0 Å². The van der Waals surface area contributed by atoms with E-state index in [0.717, 1.165) is 49.3 Å². The molecule has 1 atom stereocenters. The third-order valence-corrected chi connectivity index (χ3v) is 5.55. The summed E-state index contributed by atoms with van der Waals surface area (Å²) in [5.74, 6) is 1.04. The normalized spacial score (nSPS) is 17.1. The molecule has 0 aliphatic carbocycles. The van der Waals surface area contributed by atoms with Gasteiger partial charge in [0.2, 0.25) is 11.9 Å². The lowest BCUT2D eigenvalue weighted by atomic mass is 9.97. The standard InChI is InChI=1S/C23H28N4O/c1-16-5-8-18(9-6-16)11-12-24-22(28)19-4-3-13-27(15-19)23-25-20-10-7-17(2)14-21(20)26-23/h5-10,14,19H,3-4,11-13,15H2,1-2H3,(H,24,28)(H,25,26)/t19-/m1/s1. The van der Waals surface area contributed by atoms with Crippen molar-refractivity contribution in [3.63, 3.8) is 0 Å². The summed E-state index contributed by atoms with van der Waals surface area (Å²) in [6, 6.07) is 14.7. The van der Waals surface area contributed by atoms with Gasteiger partial charge in [-0.15, -0.1) is 0 Å². The fourth-order valence-electron chi connectivity index (χ4n) is 3.87. The van der Waals surface area contributed by atoms with Crippen LogP contribution in [0.4, 0.5) is 5.95 Å². The summed E-state index contributed by atoms with van der Waals surface area (Å²) in [6.07, 6.45) is 2.81. The number of imidazole rings is 1. The molecule has 5 nitrogen and oxygen atoms in total. The second-order valence-corrected chi connectivity index (χ2v) is 7.89. The lowest BCUT2D eigenvalue weighted by Gasteiger charge is -2.31. The Labute approximate surface area is 166 Å². The number of hydrogen-bond donors (Lipinski definition) is 2. The number of carbonyl (C=O) groups excluding carboxylic acids is 1. The Morgan fingerprint density at radius 2 is 1.96 bits per heavy atom. The first kappa shape index (κ1) is 18.5. The number of aryl methyl sites for hydroxylation is 2. The molecule has 2 aromatic carbocycles. The molecule has 1 aliphatic heterocycles. The number of rotatable bonds is 5. The van der Waals surface area contributed by atoms with Gasteiger partial charge in [0.1, 0.15) is 0 Å². The van der Waals surface area contributed by atoms with Gasteiger partial charge in [-0.3, -0.25) is 4.79 Å². The van der Waals surface area contributed by atoms with E-state index in [1.54, 1.807) is 0 Å². The summed E-state index contributed by atoms with van der Waals surface area (Å²) in [7, 11) is 0. The summed E-state index contributed by atoms with van der Waals surface area (Å²) >= 11 is 0. The molecule has 146 valence electrons. The zero-order valence-corrected chi connectivity index (χ0v) is 16.7. The molecule has 1 saturated heterocycles. The number of H-pyrrole nitrogens is 1. The van der Waals surface area contributed by atoms with Crippen LogP contribution < -0.4 is 10.2 Å². The van der Waals surface area contributed by atoms with Gasteiger partial charge in [0.05, 0.1) is 17.0 Å². The first-order chi connectivity index (χ1) is 13.6. The average molecular weight is 377 g/mol. The molecule has 3 aromatic rings. The average Bonchev–Trinajstić information content (AvgIpc) is 3.13. The van der Waals surface area contributed by atoms with Crippen LogP contribution in [-0.4, -0.2) is 35.5 Å². The third-order valence-electron chi connectivity index (χ3n) is 5.55. The van der Waals surface area contributed by atoms with Crippen molar-refractivity contribution in [2.75, 3.05) is 24.5 Å². The quantitative estimate of drug-likeness (QED) is 0.713. The predicted octanol–water partition coefficient (Wildman–Crippen LogP) is 3.76. The first-order valence-electron chi connectivity index (χ1n) is 10.1. The largest absolute Gasteiger partial charge is 0.355 e. The zero-order valence-electron chi connectivity index (χ0n) is 16.7. The summed E-state index contributed by atoms with van der Waals surface area (Å²) in [5, 5.41) is 3.13. The molecule has 0 saturated carbocycles. The van der Waals surface area contributed by atoms with Crippen LogP contribution in [0, 0.1) is 19.8 Å². The molecule has 0 radical (unpaired) electrons. The molecule has 1 aromatic heterocycles. The van der Waals surface area contributed by atoms with Crippen LogP contribution in [0.3, 0.4) is 0 Å². The van der Waals surface area contributed by atoms with Crippen LogP contribution in [0.15, 0.2) is 42.5 Å². The molecule has 4 rings (SSSR count). The summed E-state index contributed by atoms with van der Waals surface area (Å²) in [4.78, 5) is 23.0. The van der Waals surface area contributed by atoms with E-state index in [1.807, 2.05) is 6.07 Å². The maximum atomic E-state index is 12.7. The number of benzene rings is 2. The smallest absolute Gasteiger partial charge is 0.224 e. The highest BCUT2D eigenvalue weighted by Crippen LogP contribution is 2.24. The number of fused-ring (bicyclic) bond motifs is 1. The molecule has 28 heavy (non-hydrogen) atoms. The first-order valence-corrected chi connectivity index (χ1v) is 10.1. The minimum atomic E-state index is 0.0155. The Hall–Kier alpha value is -2.82. The fourth-order valence-corrected chi connectivity index (χ4v) is 3.87. The van der Waals surface area contributed by atoms with Gasteiger partial charge >= 0.3 is 0 Å². The number of hydrogen-bond acceptors (Lipinski definition) is 3. The lowest BCUT2D eigenvalue weighted by Crippen LogP contribution is -2.43. The molecule has 2 N–H and O–H groups in total. The van der Waals surface area contributed by atoms with Crippen LogP contribution in [0.2, 0.25) is 0 Å². The number of aromatic nitrogens is 2.